The first-order valence-electron chi connectivity index (χ1n) is 8.52. The molecule has 2 aliphatic rings. The number of carbonyl (C=O) groups is 1. The number of carbonyl (C=O) groups excluding carboxylic acids is 1. The summed E-state index contributed by atoms with van der Waals surface area (Å²) in [7, 11) is 0. The quantitative estimate of drug-likeness (QED) is 0.659. The molecule has 3 aromatic rings. The van der Waals surface area contributed by atoms with Gasteiger partial charge in [-0.15, -0.1) is 11.3 Å². The molecular formula is C21H15N3OS. The molecule has 1 spiro atoms. The molecule has 1 aliphatic carbocycles. The molecule has 2 heterocycles. The summed E-state index contributed by atoms with van der Waals surface area (Å²) in [5, 5.41) is 11.7. The number of nitrogens with zero attached hydrogens (tertiary/aromatic N) is 3. The van der Waals surface area contributed by atoms with Gasteiger partial charge in [-0.05, 0) is 35.2 Å². The van der Waals surface area contributed by atoms with Crippen LogP contribution >= 0.6 is 11.3 Å². The molecule has 0 unspecified atom stereocenters. The molecule has 2 atom stereocenters. The second-order valence-corrected chi connectivity index (χ2v) is 7.77. The van der Waals surface area contributed by atoms with E-state index < -0.39 is 0 Å². The molecule has 4 nitrogen and oxygen atoms in total. The lowest BCUT2D eigenvalue weighted by atomic mass is 9.85. The van der Waals surface area contributed by atoms with Gasteiger partial charge in [-0.1, -0.05) is 36.4 Å². The van der Waals surface area contributed by atoms with Gasteiger partial charge in [-0.2, -0.15) is 5.26 Å². The molecular weight excluding hydrogens is 342 g/mol. The second-order valence-electron chi connectivity index (χ2n) is 6.88. The molecule has 1 saturated heterocycles. The smallest absolute Gasteiger partial charge is 0.283 e. The largest absolute Gasteiger partial charge is 0.325 e. The zero-order valence-corrected chi connectivity index (χ0v) is 14.7. The van der Waals surface area contributed by atoms with Crippen LogP contribution in [-0.2, 0) is 6.42 Å². The van der Waals surface area contributed by atoms with Crippen LogP contribution in [0.25, 0.3) is 0 Å². The van der Waals surface area contributed by atoms with Crippen LogP contribution in [0.1, 0.15) is 38.0 Å². The minimum absolute atomic E-state index is 0.00856. The minimum Gasteiger partial charge on any atom is -0.325 e. The van der Waals surface area contributed by atoms with E-state index in [9.17, 15) is 10.1 Å². The third kappa shape index (κ3) is 2.12. The fourth-order valence-corrected chi connectivity index (χ4v) is 4.89. The van der Waals surface area contributed by atoms with Crippen molar-refractivity contribution in [1.29, 1.82) is 5.26 Å². The predicted molar refractivity (Wildman–Crippen MR) is 99.0 cm³/mol. The maximum atomic E-state index is 12.9. The molecule has 5 rings (SSSR count). The highest BCUT2D eigenvalue weighted by Crippen LogP contribution is 2.56. The molecule has 1 fully saturated rings. The average molecular weight is 357 g/mol. The SMILES string of the molecule is N#Cc1ccc2c(c1)[C@H](c1ccccc1)[C@@]1(C2)CN1C(=O)c1nccs1. The van der Waals surface area contributed by atoms with E-state index in [1.165, 1.54) is 28.0 Å². The Kier molecular flexibility index (Phi) is 3.25. The van der Waals surface area contributed by atoms with Crippen molar-refractivity contribution >= 4 is 17.2 Å². The zero-order chi connectivity index (χ0) is 17.7. The van der Waals surface area contributed by atoms with Crippen molar-refractivity contribution in [1.82, 2.24) is 9.88 Å². The molecule has 2 aromatic carbocycles. The molecule has 5 heteroatoms. The van der Waals surface area contributed by atoms with E-state index in [2.05, 4.69) is 23.2 Å². The molecule has 0 radical (unpaired) electrons. The predicted octanol–water partition coefficient (Wildman–Crippen LogP) is 3.60. The molecule has 1 amide bonds. The van der Waals surface area contributed by atoms with Gasteiger partial charge >= 0.3 is 0 Å². The topological polar surface area (TPSA) is 56.8 Å². The lowest BCUT2D eigenvalue weighted by Crippen LogP contribution is -2.28. The van der Waals surface area contributed by atoms with Gasteiger partial charge in [0.15, 0.2) is 5.01 Å². The molecule has 1 aromatic heterocycles. The fraction of sp³-hybridized carbons (Fsp3) is 0.190. The Labute approximate surface area is 155 Å². The Balaban J connectivity index is 1.61. The highest BCUT2D eigenvalue weighted by Gasteiger charge is 2.64. The minimum atomic E-state index is -0.236. The monoisotopic (exact) mass is 357 g/mol. The highest BCUT2D eigenvalue weighted by atomic mass is 32.1. The number of fused-ring (bicyclic) bond motifs is 1. The molecule has 0 bridgehead atoms. The zero-order valence-electron chi connectivity index (χ0n) is 13.9. The van der Waals surface area contributed by atoms with Crippen LogP contribution in [-0.4, -0.2) is 27.9 Å². The molecule has 0 saturated carbocycles. The summed E-state index contributed by atoms with van der Waals surface area (Å²) in [4.78, 5) is 19.0. The van der Waals surface area contributed by atoms with Crippen LogP contribution in [0.4, 0.5) is 0 Å². The van der Waals surface area contributed by atoms with E-state index in [1.807, 2.05) is 46.7 Å². The van der Waals surface area contributed by atoms with Crippen LogP contribution in [0.15, 0.2) is 60.1 Å². The van der Waals surface area contributed by atoms with Gasteiger partial charge < -0.3 is 4.90 Å². The van der Waals surface area contributed by atoms with Crippen molar-refractivity contribution in [2.45, 2.75) is 17.9 Å². The lowest BCUT2D eigenvalue weighted by Gasteiger charge is -2.21. The summed E-state index contributed by atoms with van der Waals surface area (Å²) in [5.41, 5.74) is 4.02. The van der Waals surface area contributed by atoms with Crippen molar-refractivity contribution in [3.63, 3.8) is 0 Å². The molecule has 0 N–H and O–H groups in total. The first-order valence-corrected chi connectivity index (χ1v) is 9.40. The molecule has 26 heavy (non-hydrogen) atoms. The normalized spacial score (nSPS) is 22.9. The van der Waals surface area contributed by atoms with Gasteiger partial charge in [0.05, 0.1) is 17.2 Å². The van der Waals surface area contributed by atoms with E-state index in [-0.39, 0.29) is 17.4 Å². The van der Waals surface area contributed by atoms with Crippen molar-refractivity contribution in [2.75, 3.05) is 6.54 Å². The Hall–Kier alpha value is -2.97. The van der Waals surface area contributed by atoms with Gasteiger partial charge in [-0.25, -0.2) is 4.98 Å². The number of aromatic nitrogens is 1. The summed E-state index contributed by atoms with van der Waals surface area (Å²) in [6.45, 7) is 0.724. The standard InChI is InChI=1S/C21H15N3OS/c22-12-14-6-7-16-11-21(13-24(21)20(25)19-23-8-9-26-19)18(17(16)10-14)15-4-2-1-3-5-15/h1-10,18H,11,13H2/t18-,21+,24?/m0/s1. The summed E-state index contributed by atoms with van der Waals surface area (Å²) in [5.74, 6) is 0.102. The molecule has 1 aliphatic heterocycles. The lowest BCUT2D eigenvalue weighted by molar-refractivity contribution is 0.0851. The van der Waals surface area contributed by atoms with E-state index in [4.69, 9.17) is 0 Å². The third-order valence-electron chi connectivity index (χ3n) is 5.48. The van der Waals surface area contributed by atoms with Gasteiger partial charge in [-0.3, -0.25) is 4.79 Å². The number of rotatable bonds is 2. The van der Waals surface area contributed by atoms with Crippen molar-refractivity contribution < 1.29 is 4.79 Å². The summed E-state index contributed by atoms with van der Waals surface area (Å²) >= 11 is 1.38. The first kappa shape index (κ1) is 15.3. The Morgan fingerprint density at radius 2 is 2.12 bits per heavy atom. The number of nitriles is 1. The van der Waals surface area contributed by atoms with Gasteiger partial charge in [0.1, 0.15) is 0 Å². The van der Waals surface area contributed by atoms with Crippen molar-refractivity contribution in [3.8, 4) is 6.07 Å². The number of benzene rings is 2. The molecule has 126 valence electrons. The number of hydrogen-bond donors (Lipinski definition) is 0. The summed E-state index contributed by atoms with van der Waals surface area (Å²) < 4.78 is 0. The number of amides is 1. The van der Waals surface area contributed by atoms with E-state index in [0.717, 1.165) is 13.0 Å². The van der Waals surface area contributed by atoms with Crippen molar-refractivity contribution in [3.05, 3.63) is 87.4 Å². The van der Waals surface area contributed by atoms with Gasteiger partial charge in [0.25, 0.3) is 5.91 Å². The van der Waals surface area contributed by atoms with E-state index in [1.54, 1.807) is 6.20 Å². The average Bonchev–Trinajstić information content (AvgIpc) is 3.04. The highest BCUT2D eigenvalue weighted by molar-refractivity contribution is 7.11. The van der Waals surface area contributed by atoms with Crippen LogP contribution < -0.4 is 0 Å². The third-order valence-corrected chi connectivity index (χ3v) is 6.24. The maximum absolute atomic E-state index is 12.9. The fourth-order valence-electron chi connectivity index (χ4n) is 4.31. The van der Waals surface area contributed by atoms with Crippen LogP contribution in [0.2, 0.25) is 0 Å². The van der Waals surface area contributed by atoms with Gasteiger partial charge in [0.2, 0.25) is 0 Å². The number of thiazole rings is 1. The summed E-state index contributed by atoms with van der Waals surface area (Å²) in [6, 6.07) is 18.5. The maximum Gasteiger partial charge on any atom is 0.283 e. The Bertz CT molecular complexity index is 1040. The van der Waals surface area contributed by atoms with E-state index in [0.29, 0.717) is 10.6 Å². The number of hydrogen-bond acceptors (Lipinski definition) is 4. The van der Waals surface area contributed by atoms with Crippen LogP contribution in [0, 0.1) is 11.3 Å². The van der Waals surface area contributed by atoms with Crippen molar-refractivity contribution in [2.24, 2.45) is 0 Å². The Morgan fingerprint density at radius 1 is 1.27 bits per heavy atom. The second kappa shape index (κ2) is 5.52. The van der Waals surface area contributed by atoms with E-state index >= 15 is 0 Å². The summed E-state index contributed by atoms with van der Waals surface area (Å²) in [6.07, 6.45) is 2.50. The van der Waals surface area contributed by atoms with Crippen LogP contribution in [0.5, 0.6) is 0 Å². The first-order chi connectivity index (χ1) is 12.7. The Morgan fingerprint density at radius 3 is 2.85 bits per heavy atom. The van der Waals surface area contributed by atoms with Gasteiger partial charge in [0, 0.05) is 24.0 Å². The van der Waals surface area contributed by atoms with Crippen LogP contribution in [0.3, 0.4) is 0 Å².